The number of ether oxygens (including phenoxy) is 1. The molecule has 0 bridgehead atoms. The first kappa shape index (κ1) is 24.0. The average molecular weight is 528 g/mol. The molecule has 2 aromatic carbocycles. The highest BCUT2D eigenvalue weighted by molar-refractivity contribution is 7.17. The van der Waals surface area contributed by atoms with Crippen LogP contribution in [0.3, 0.4) is 0 Å². The molecule has 2 N–H and O–H groups in total. The maximum atomic E-state index is 13.1. The number of fused-ring (bicyclic) bond motifs is 2. The number of hydrogen-bond donors (Lipinski definition) is 2. The Morgan fingerprint density at radius 2 is 2.03 bits per heavy atom. The second kappa shape index (κ2) is 9.71. The molecular formula is C25H20ClF2N5O2S. The molecule has 0 spiro atoms. The Labute approximate surface area is 213 Å². The van der Waals surface area contributed by atoms with Crippen LogP contribution in [-0.4, -0.2) is 32.9 Å². The molecule has 0 radical (unpaired) electrons. The molecule has 3 aromatic heterocycles. The summed E-state index contributed by atoms with van der Waals surface area (Å²) in [6, 6.07) is 15.0. The van der Waals surface area contributed by atoms with Gasteiger partial charge in [-0.3, -0.25) is 4.79 Å². The molecule has 0 aliphatic heterocycles. The van der Waals surface area contributed by atoms with Gasteiger partial charge >= 0.3 is 5.92 Å². The number of benzene rings is 2. The highest BCUT2D eigenvalue weighted by Crippen LogP contribution is 2.37. The lowest BCUT2D eigenvalue weighted by molar-refractivity contribution is -0.143. The van der Waals surface area contributed by atoms with Crippen LogP contribution in [0, 0.1) is 0 Å². The summed E-state index contributed by atoms with van der Waals surface area (Å²) in [7, 11) is 0. The number of nitrogens with one attached hydrogen (secondary N) is 2. The summed E-state index contributed by atoms with van der Waals surface area (Å²) in [5.74, 6) is -3.01. The number of alkyl halides is 2. The lowest BCUT2D eigenvalue weighted by Gasteiger charge is -2.14. The van der Waals surface area contributed by atoms with Crippen LogP contribution in [-0.2, 0) is 11.3 Å². The predicted molar refractivity (Wildman–Crippen MR) is 138 cm³/mol. The fraction of sp³-hybridized carbons (Fsp3) is 0.160. The molecule has 0 saturated heterocycles. The Kier molecular flexibility index (Phi) is 6.46. The van der Waals surface area contributed by atoms with Crippen molar-refractivity contribution in [1.82, 2.24) is 19.9 Å². The van der Waals surface area contributed by atoms with Crippen molar-refractivity contribution in [2.24, 2.45) is 0 Å². The van der Waals surface area contributed by atoms with Crippen molar-refractivity contribution in [2.75, 3.05) is 11.9 Å². The van der Waals surface area contributed by atoms with Crippen molar-refractivity contribution < 1.29 is 18.3 Å². The van der Waals surface area contributed by atoms with Gasteiger partial charge in [-0.1, -0.05) is 17.7 Å². The maximum Gasteiger partial charge on any atom is 0.321 e. The fourth-order valence-corrected chi connectivity index (χ4v) is 4.75. The van der Waals surface area contributed by atoms with E-state index in [1.807, 2.05) is 35.7 Å². The number of carbonyl (C=O) groups is 1. The smallest absolute Gasteiger partial charge is 0.321 e. The average Bonchev–Trinajstić information content (AvgIpc) is 3.48. The SMILES string of the molecule is CC(F)(F)C(=O)NCCn1ccc2ncnc(Nc3ccc(Oc4cccc5sccc45)c(Cl)c3)c21. The van der Waals surface area contributed by atoms with Crippen molar-refractivity contribution in [3.05, 3.63) is 71.5 Å². The topological polar surface area (TPSA) is 81.1 Å². The largest absolute Gasteiger partial charge is 0.455 e. The van der Waals surface area contributed by atoms with Gasteiger partial charge in [0.25, 0.3) is 5.91 Å². The van der Waals surface area contributed by atoms with Crippen LogP contribution in [0.15, 0.2) is 66.4 Å². The van der Waals surface area contributed by atoms with Gasteiger partial charge in [-0.05, 0) is 47.8 Å². The highest BCUT2D eigenvalue weighted by Gasteiger charge is 2.31. The van der Waals surface area contributed by atoms with E-state index in [9.17, 15) is 13.6 Å². The highest BCUT2D eigenvalue weighted by atomic mass is 35.5. The van der Waals surface area contributed by atoms with Gasteiger partial charge in [0, 0.05) is 42.0 Å². The van der Waals surface area contributed by atoms with Gasteiger partial charge in [-0.2, -0.15) is 8.78 Å². The van der Waals surface area contributed by atoms with Gasteiger partial charge in [-0.25, -0.2) is 9.97 Å². The van der Waals surface area contributed by atoms with Gasteiger partial charge in [0.2, 0.25) is 0 Å². The molecule has 0 aliphatic rings. The zero-order chi connectivity index (χ0) is 25.3. The molecule has 7 nitrogen and oxygen atoms in total. The van der Waals surface area contributed by atoms with Crippen molar-refractivity contribution in [2.45, 2.75) is 19.4 Å². The van der Waals surface area contributed by atoms with Crippen molar-refractivity contribution in [3.63, 3.8) is 0 Å². The van der Waals surface area contributed by atoms with Gasteiger partial charge in [0.05, 0.1) is 10.5 Å². The third kappa shape index (κ3) is 4.95. The quantitative estimate of drug-likeness (QED) is 0.237. The molecule has 1 amide bonds. The molecule has 184 valence electrons. The van der Waals surface area contributed by atoms with E-state index < -0.39 is 11.8 Å². The maximum absolute atomic E-state index is 13.1. The predicted octanol–water partition coefficient (Wildman–Crippen LogP) is 6.61. The molecule has 36 heavy (non-hydrogen) atoms. The fourth-order valence-electron chi connectivity index (χ4n) is 3.73. The summed E-state index contributed by atoms with van der Waals surface area (Å²) in [5.41, 5.74) is 2.00. The number of anilines is 2. The first-order valence-electron chi connectivity index (χ1n) is 11.0. The molecule has 5 aromatic rings. The molecule has 0 unspecified atom stereocenters. The molecule has 0 fully saturated rings. The van der Waals surface area contributed by atoms with Crippen LogP contribution in [0.2, 0.25) is 5.02 Å². The molecule has 0 aliphatic carbocycles. The first-order valence-corrected chi connectivity index (χ1v) is 12.2. The van der Waals surface area contributed by atoms with Gasteiger partial charge in [-0.15, -0.1) is 11.3 Å². The number of amides is 1. The standard InChI is InChI=1S/C25H20ClF2N5O2S/c1-25(27,28)24(34)29-9-11-33-10-7-18-22(33)23(31-14-30-18)32-15-5-6-20(17(26)13-15)35-19-3-2-4-21-16(19)8-12-36-21/h2-8,10,12-14H,9,11H2,1H3,(H,29,34)(H,30,31,32). The number of rotatable bonds is 8. The van der Waals surface area contributed by atoms with E-state index >= 15 is 0 Å². The van der Waals surface area contributed by atoms with Gasteiger partial charge in [0.15, 0.2) is 5.82 Å². The second-order valence-electron chi connectivity index (χ2n) is 8.07. The molecule has 0 atom stereocenters. The van der Waals surface area contributed by atoms with E-state index in [2.05, 4.69) is 20.6 Å². The number of hydrogen-bond acceptors (Lipinski definition) is 6. The molecule has 5 rings (SSSR count). The molecule has 11 heteroatoms. The zero-order valence-electron chi connectivity index (χ0n) is 19.0. The Morgan fingerprint density at radius 3 is 2.83 bits per heavy atom. The van der Waals surface area contributed by atoms with E-state index in [1.165, 1.54) is 6.33 Å². The number of thiophene rings is 1. The Morgan fingerprint density at radius 1 is 1.17 bits per heavy atom. The Hall–Kier alpha value is -3.76. The minimum absolute atomic E-state index is 0.0229. The van der Waals surface area contributed by atoms with Crippen LogP contribution < -0.4 is 15.4 Å². The number of carbonyl (C=O) groups excluding carboxylic acids is 1. The monoisotopic (exact) mass is 527 g/mol. The number of halogens is 3. The normalized spacial score (nSPS) is 11.7. The van der Waals surface area contributed by atoms with Gasteiger partial charge < -0.3 is 19.9 Å². The first-order chi connectivity index (χ1) is 17.3. The summed E-state index contributed by atoms with van der Waals surface area (Å²) in [4.78, 5) is 20.1. The summed E-state index contributed by atoms with van der Waals surface area (Å²) in [6.45, 7) is 0.845. The lowest BCUT2D eigenvalue weighted by Crippen LogP contribution is -2.39. The zero-order valence-corrected chi connectivity index (χ0v) is 20.5. The van der Waals surface area contributed by atoms with E-state index in [0.717, 1.165) is 15.8 Å². The van der Waals surface area contributed by atoms with Gasteiger partial charge in [0.1, 0.15) is 23.3 Å². The van der Waals surface area contributed by atoms with Crippen LogP contribution in [0.25, 0.3) is 21.1 Å². The third-order valence-corrected chi connectivity index (χ3v) is 6.63. The van der Waals surface area contributed by atoms with Crippen LogP contribution in [0.1, 0.15) is 6.92 Å². The summed E-state index contributed by atoms with van der Waals surface area (Å²) >= 11 is 8.17. The van der Waals surface area contributed by atoms with E-state index in [4.69, 9.17) is 16.3 Å². The molecule has 3 heterocycles. The number of nitrogens with zero attached hydrogens (tertiary/aromatic N) is 3. The molecule has 0 saturated carbocycles. The second-order valence-corrected chi connectivity index (χ2v) is 9.43. The Bertz CT molecular complexity index is 1560. The van der Waals surface area contributed by atoms with Crippen molar-refractivity contribution in [1.29, 1.82) is 0 Å². The minimum Gasteiger partial charge on any atom is -0.455 e. The summed E-state index contributed by atoms with van der Waals surface area (Å²) in [6.07, 6.45) is 3.19. The lowest BCUT2D eigenvalue weighted by atomic mass is 10.2. The van der Waals surface area contributed by atoms with Crippen LogP contribution in [0.4, 0.5) is 20.3 Å². The van der Waals surface area contributed by atoms with Crippen LogP contribution in [0.5, 0.6) is 11.5 Å². The third-order valence-electron chi connectivity index (χ3n) is 5.46. The van der Waals surface area contributed by atoms with E-state index in [0.29, 0.717) is 40.2 Å². The Balaban J connectivity index is 1.34. The van der Waals surface area contributed by atoms with Crippen molar-refractivity contribution >= 4 is 61.5 Å². The number of aromatic nitrogens is 3. The minimum atomic E-state index is -3.43. The van der Waals surface area contributed by atoms with Crippen molar-refractivity contribution in [3.8, 4) is 11.5 Å². The molecular weight excluding hydrogens is 508 g/mol. The van der Waals surface area contributed by atoms with E-state index in [-0.39, 0.29) is 13.1 Å². The van der Waals surface area contributed by atoms with Crippen LogP contribution >= 0.6 is 22.9 Å². The summed E-state index contributed by atoms with van der Waals surface area (Å²) < 4.78 is 35.2. The summed E-state index contributed by atoms with van der Waals surface area (Å²) in [5, 5.41) is 8.91. The van der Waals surface area contributed by atoms with E-state index in [1.54, 1.807) is 40.3 Å².